The summed E-state index contributed by atoms with van der Waals surface area (Å²) in [5.41, 5.74) is 18.4. The highest BCUT2D eigenvalue weighted by Gasteiger charge is 2.47. The van der Waals surface area contributed by atoms with Gasteiger partial charge in [0.15, 0.2) is 0 Å². The van der Waals surface area contributed by atoms with Gasteiger partial charge in [-0.05, 0) is 81.3 Å². The van der Waals surface area contributed by atoms with E-state index in [1.165, 1.54) is 44.5 Å². The van der Waals surface area contributed by atoms with Crippen LogP contribution in [0.1, 0.15) is 97.8 Å². The van der Waals surface area contributed by atoms with Crippen LogP contribution in [0.15, 0.2) is 96.1 Å². The van der Waals surface area contributed by atoms with Gasteiger partial charge in [0.1, 0.15) is 0 Å². The van der Waals surface area contributed by atoms with Crippen LogP contribution in [-0.2, 0) is 0 Å². The summed E-state index contributed by atoms with van der Waals surface area (Å²) in [4.78, 5) is 0. The maximum Gasteiger partial charge on any atom is 0.0722 e. The lowest BCUT2D eigenvalue weighted by Crippen LogP contribution is -2.42. The lowest BCUT2D eigenvalue weighted by atomic mass is 9.90. The monoisotopic (exact) mass is 552 g/mol. The molecule has 0 spiro atoms. The van der Waals surface area contributed by atoms with Crippen molar-refractivity contribution in [1.82, 2.24) is 0 Å². The van der Waals surface area contributed by atoms with E-state index in [1.54, 1.807) is 22.3 Å². The van der Waals surface area contributed by atoms with Gasteiger partial charge in [0, 0.05) is 11.1 Å². The number of hydrogen-bond donors (Lipinski definition) is 0. The molecule has 0 bridgehead atoms. The second-order valence-electron chi connectivity index (χ2n) is 13.6. The molecule has 2 unspecified atom stereocenters. The van der Waals surface area contributed by atoms with Crippen molar-refractivity contribution in [1.29, 1.82) is 0 Å². The first-order valence-electron chi connectivity index (χ1n) is 15.4. The molecule has 0 fully saturated rings. The van der Waals surface area contributed by atoms with Crippen molar-refractivity contribution in [3.05, 3.63) is 129 Å². The zero-order valence-electron chi connectivity index (χ0n) is 26.0. The van der Waals surface area contributed by atoms with Gasteiger partial charge in [-0.2, -0.15) is 0 Å². The van der Waals surface area contributed by atoms with Crippen LogP contribution in [-0.4, -0.2) is 8.07 Å². The summed E-state index contributed by atoms with van der Waals surface area (Å²) in [6.45, 7) is 19.5. The molecule has 0 aromatic heterocycles. The van der Waals surface area contributed by atoms with Gasteiger partial charge >= 0.3 is 0 Å². The summed E-state index contributed by atoms with van der Waals surface area (Å²) in [6, 6.07) is 32.1. The van der Waals surface area contributed by atoms with Crippen molar-refractivity contribution in [3.8, 4) is 22.3 Å². The molecule has 0 amide bonds. The molecule has 6 rings (SSSR count). The van der Waals surface area contributed by atoms with Gasteiger partial charge in [-0.25, -0.2) is 0 Å². The minimum atomic E-state index is -1.97. The molecule has 0 aliphatic heterocycles. The van der Waals surface area contributed by atoms with Crippen LogP contribution in [0, 0.1) is 0 Å². The molecule has 0 saturated carbocycles. The van der Waals surface area contributed by atoms with Gasteiger partial charge in [0.2, 0.25) is 0 Å². The van der Waals surface area contributed by atoms with Crippen LogP contribution < -0.4 is 0 Å². The molecule has 4 aromatic carbocycles. The van der Waals surface area contributed by atoms with E-state index >= 15 is 0 Å². The van der Waals surface area contributed by atoms with E-state index in [9.17, 15) is 0 Å². The zero-order valence-corrected chi connectivity index (χ0v) is 27.0. The Morgan fingerprint density at radius 1 is 0.537 bits per heavy atom. The smallest absolute Gasteiger partial charge is 0.0679 e. The van der Waals surface area contributed by atoms with Crippen molar-refractivity contribution in [2.24, 2.45) is 0 Å². The van der Waals surface area contributed by atoms with Crippen molar-refractivity contribution in [2.45, 2.75) is 77.6 Å². The fourth-order valence-corrected chi connectivity index (χ4v) is 12.8. The standard InChI is InChI=1S/C40H44Si/c1-25(2)31-21-33(29-15-11-9-12-16-29)35-19-27(5)39(37(35)23-31)41(7,8)40-28(6)20-36-34(30-17-13-10-14-18-30)22-32(26(3)4)24-38(36)40/h9-26,39-40H,1-8H3. The predicted molar refractivity (Wildman–Crippen MR) is 182 cm³/mol. The van der Waals surface area contributed by atoms with Crippen molar-refractivity contribution >= 4 is 20.2 Å². The van der Waals surface area contributed by atoms with Gasteiger partial charge in [0.05, 0.1) is 8.07 Å². The third kappa shape index (κ3) is 4.69. The predicted octanol–water partition coefficient (Wildman–Crippen LogP) is 11.8. The first-order valence-corrected chi connectivity index (χ1v) is 18.6. The maximum atomic E-state index is 2.66. The number of benzene rings is 4. The average Bonchev–Trinajstić information content (AvgIpc) is 3.48. The number of hydrogen-bond acceptors (Lipinski definition) is 0. The molecule has 0 saturated heterocycles. The van der Waals surface area contributed by atoms with E-state index in [-0.39, 0.29) is 0 Å². The molecule has 208 valence electrons. The van der Waals surface area contributed by atoms with Crippen molar-refractivity contribution < 1.29 is 0 Å². The molecule has 41 heavy (non-hydrogen) atoms. The molecule has 2 atom stereocenters. The molecule has 4 aromatic rings. The van der Waals surface area contributed by atoms with E-state index in [2.05, 4.69) is 152 Å². The Balaban J connectivity index is 1.53. The first-order chi connectivity index (χ1) is 19.6. The van der Waals surface area contributed by atoms with Gasteiger partial charge in [-0.15, -0.1) is 0 Å². The van der Waals surface area contributed by atoms with E-state index < -0.39 is 8.07 Å². The minimum Gasteiger partial charge on any atom is -0.0679 e. The molecular weight excluding hydrogens is 509 g/mol. The molecular formula is C40H44Si. The average molecular weight is 553 g/mol. The highest BCUT2D eigenvalue weighted by Crippen LogP contribution is 2.55. The molecule has 2 aliphatic carbocycles. The molecule has 0 heterocycles. The number of fused-ring (bicyclic) bond motifs is 2. The van der Waals surface area contributed by atoms with Crippen LogP contribution in [0.3, 0.4) is 0 Å². The van der Waals surface area contributed by atoms with E-state index in [1.807, 2.05) is 0 Å². The maximum absolute atomic E-state index is 2.66. The quantitative estimate of drug-likeness (QED) is 0.209. The first kappa shape index (κ1) is 27.7. The second-order valence-corrected chi connectivity index (χ2v) is 18.4. The SMILES string of the molecule is CC1=Cc2c(-c3ccccc3)cc(C(C)C)cc2C1[Si](C)(C)C1C(C)=Cc2c(-c3ccccc3)cc(C(C)C)cc21. The molecule has 2 aliphatic rings. The summed E-state index contributed by atoms with van der Waals surface area (Å²) in [6.07, 6.45) is 5.05. The largest absolute Gasteiger partial charge is 0.0722 e. The topological polar surface area (TPSA) is 0 Å². The van der Waals surface area contributed by atoms with Gasteiger partial charge in [-0.3, -0.25) is 0 Å². The van der Waals surface area contributed by atoms with Crippen LogP contribution in [0.5, 0.6) is 0 Å². The summed E-state index contributed by atoms with van der Waals surface area (Å²) < 4.78 is 0. The van der Waals surface area contributed by atoms with Gasteiger partial charge in [0.25, 0.3) is 0 Å². The van der Waals surface area contributed by atoms with Crippen LogP contribution in [0.4, 0.5) is 0 Å². The van der Waals surface area contributed by atoms with Gasteiger partial charge in [-0.1, -0.05) is 149 Å². The Morgan fingerprint density at radius 2 is 0.902 bits per heavy atom. The minimum absolute atomic E-state index is 0.487. The fourth-order valence-electron chi connectivity index (χ4n) is 7.83. The second kappa shape index (κ2) is 10.4. The molecule has 0 nitrogen and oxygen atoms in total. The highest BCUT2D eigenvalue weighted by atomic mass is 28.3. The Kier molecular flexibility index (Phi) is 7.06. The van der Waals surface area contributed by atoms with Crippen LogP contribution in [0.25, 0.3) is 34.4 Å². The summed E-state index contributed by atoms with van der Waals surface area (Å²) in [5, 5.41) is 0. The van der Waals surface area contributed by atoms with Crippen molar-refractivity contribution in [3.63, 3.8) is 0 Å². The summed E-state index contributed by atoms with van der Waals surface area (Å²) in [5.74, 6) is 0.981. The zero-order chi connectivity index (χ0) is 29.1. The Bertz CT molecular complexity index is 1540. The Hall–Kier alpha value is -3.42. The molecule has 0 radical (unpaired) electrons. The third-order valence-electron chi connectivity index (χ3n) is 9.74. The van der Waals surface area contributed by atoms with E-state index in [0.717, 1.165) is 0 Å². The van der Waals surface area contributed by atoms with E-state index in [0.29, 0.717) is 22.9 Å². The lowest BCUT2D eigenvalue weighted by molar-refractivity contribution is 0.857. The molecule has 0 N–H and O–H groups in total. The third-order valence-corrected chi connectivity index (χ3v) is 14.2. The van der Waals surface area contributed by atoms with Crippen LogP contribution in [0.2, 0.25) is 13.1 Å². The van der Waals surface area contributed by atoms with E-state index in [4.69, 9.17) is 0 Å². The number of allylic oxidation sites excluding steroid dienone is 2. The van der Waals surface area contributed by atoms with Crippen molar-refractivity contribution in [2.75, 3.05) is 0 Å². The normalized spacial score (nSPS) is 18.0. The lowest BCUT2D eigenvalue weighted by Gasteiger charge is -2.39. The summed E-state index contributed by atoms with van der Waals surface area (Å²) in [7, 11) is -1.97. The fraction of sp³-hybridized carbons (Fsp3) is 0.300. The molecule has 1 heteroatoms. The summed E-state index contributed by atoms with van der Waals surface area (Å²) >= 11 is 0. The Morgan fingerprint density at radius 3 is 1.24 bits per heavy atom. The number of rotatable bonds is 6. The van der Waals surface area contributed by atoms with Gasteiger partial charge < -0.3 is 0 Å². The highest BCUT2D eigenvalue weighted by molar-refractivity contribution is 6.81. The van der Waals surface area contributed by atoms with Crippen LogP contribution >= 0.6 is 0 Å². The Labute approximate surface area is 248 Å².